The Morgan fingerprint density at radius 3 is 3.06 bits per heavy atom. The lowest BCUT2D eigenvalue weighted by atomic mass is 10.1. The molecule has 1 unspecified atom stereocenters. The molecule has 86 valence electrons. The summed E-state index contributed by atoms with van der Waals surface area (Å²) in [4.78, 5) is 15.1. The quantitative estimate of drug-likeness (QED) is 0.775. The molecule has 0 spiro atoms. The van der Waals surface area contributed by atoms with E-state index in [1.165, 1.54) is 0 Å². The van der Waals surface area contributed by atoms with Crippen molar-refractivity contribution in [1.82, 2.24) is 10.3 Å². The van der Waals surface area contributed by atoms with Crippen LogP contribution in [0.2, 0.25) is 0 Å². The normalized spacial score (nSPS) is 12.0. The molecule has 1 heterocycles. The van der Waals surface area contributed by atoms with Crippen molar-refractivity contribution in [1.29, 1.82) is 0 Å². The van der Waals surface area contributed by atoms with Gasteiger partial charge >= 0.3 is 0 Å². The molecule has 0 aliphatic carbocycles. The summed E-state index contributed by atoms with van der Waals surface area (Å²) in [5, 5.41) is 3.80. The maximum Gasteiger partial charge on any atom is 0.253 e. The van der Waals surface area contributed by atoms with Crippen LogP contribution in [0.1, 0.15) is 23.7 Å². The van der Waals surface area contributed by atoms with E-state index in [0.717, 1.165) is 10.9 Å². The summed E-state index contributed by atoms with van der Waals surface area (Å²) >= 11 is 0. The largest absolute Gasteiger partial charge is 0.360 e. The van der Waals surface area contributed by atoms with E-state index in [2.05, 4.69) is 16.2 Å². The van der Waals surface area contributed by atoms with Gasteiger partial charge in [0, 0.05) is 29.6 Å². The van der Waals surface area contributed by atoms with Crippen LogP contribution in [0.3, 0.4) is 0 Å². The van der Waals surface area contributed by atoms with Gasteiger partial charge in [0.1, 0.15) is 0 Å². The number of aromatic amines is 1. The molecule has 17 heavy (non-hydrogen) atoms. The third-order valence-corrected chi connectivity index (χ3v) is 2.64. The molecule has 2 rings (SSSR count). The zero-order valence-electron chi connectivity index (χ0n) is 9.66. The second kappa shape index (κ2) is 4.75. The first-order chi connectivity index (χ1) is 8.22. The molecule has 0 fully saturated rings. The molecule has 1 amide bonds. The first-order valence-electron chi connectivity index (χ1n) is 5.53. The number of aromatic nitrogens is 1. The van der Waals surface area contributed by atoms with Crippen LogP contribution < -0.4 is 5.32 Å². The minimum atomic E-state index is -0.0924. The van der Waals surface area contributed by atoms with Crippen molar-refractivity contribution in [3.63, 3.8) is 0 Å². The number of carbonyl (C=O) groups excluding carboxylic acids is 1. The van der Waals surface area contributed by atoms with Crippen molar-refractivity contribution in [3.05, 3.63) is 36.0 Å². The molecule has 2 N–H and O–H groups in total. The fourth-order valence-corrected chi connectivity index (χ4v) is 1.79. The van der Waals surface area contributed by atoms with Gasteiger partial charge in [-0.15, -0.1) is 12.3 Å². The Hall–Kier alpha value is -2.21. The predicted molar refractivity (Wildman–Crippen MR) is 68.7 cm³/mol. The lowest BCUT2D eigenvalue weighted by Crippen LogP contribution is -2.32. The summed E-state index contributed by atoms with van der Waals surface area (Å²) in [6.07, 6.45) is 7.47. The number of benzene rings is 1. The number of hydrogen-bond acceptors (Lipinski definition) is 1. The van der Waals surface area contributed by atoms with Crippen LogP contribution in [0.25, 0.3) is 10.9 Å². The van der Waals surface area contributed by atoms with Crippen LogP contribution >= 0.6 is 0 Å². The smallest absolute Gasteiger partial charge is 0.253 e. The van der Waals surface area contributed by atoms with Crippen LogP contribution in [-0.4, -0.2) is 16.9 Å². The Balaban J connectivity index is 2.23. The fraction of sp³-hybridized carbons (Fsp3) is 0.214. The average molecular weight is 226 g/mol. The first kappa shape index (κ1) is 11.3. The number of amides is 1. The Morgan fingerprint density at radius 1 is 1.53 bits per heavy atom. The first-order valence-corrected chi connectivity index (χ1v) is 5.53. The number of rotatable bonds is 3. The van der Waals surface area contributed by atoms with Crippen LogP contribution in [0.4, 0.5) is 0 Å². The molecule has 0 saturated carbocycles. The van der Waals surface area contributed by atoms with E-state index in [1.807, 2.05) is 31.2 Å². The topological polar surface area (TPSA) is 44.9 Å². The zero-order valence-corrected chi connectivity index (χ0v) is 9.66. The summed E-state index contributed by atoms with van der Waals surface area (Å²) in [7, 11) is 0. The number of para-hydroxylation sites is 1. The highest BCUT2D eigenvalue weighted by Gasteiger charge is 2.13. The van der Waals surface area contributed by atoms with E-state index in [-0.39, 0.29) is 11.9 Å². The van der Waals surface area contributed by atoms with E-state index in [0.29, 0.717) is 12.0 Å². The van der Waals surface area contributed by atoms with Gasteiger partial charge in [0.25, 0.3) is 5.91 Å². The number of terminal acetylenes is 1. The van der Waals surface area contributed by atoms with Crippen molar-refractivity contribution in [2.24, 2.45) is 0 Å². The Labute approximate surface area is 100 Å². The van der Waals surface area contributed by atoms with Gasteiger partial charge in [-0.3, -0.25) is 4.79 Å². The Morgan fingerprint density at radius 2 is 2.29 bits per heavy atom. The lowest BCUT2D eigenvalue weighted by molar-refractivity contribution is 0.0942. The molecule has 1 aromatic heterocycles. The molecular formula is C14H14N2O. The van der Waals surface area contributed by atoms with Gasteiger partial charge in [0.2, 0.25) is 0 Å². The molecule has 0 saturated heterocycles. The van der Waals surface area contributed by atoms with Crippen molar-refractivity contribution in [2.45, 2.75) is 19.4 Å². The summed E-state index contributed by atoms with van der Waals surface area (Å²) in [6.45, 7) is 1.90. The number of hydrogen-bond donors (Lipinski definition) is 2. The van der Waals surface area contributed by atoms with Crippen LogP contribution in [0.5, 0.6) is 0 Å². The maximum atomic E-state index is 12.0. The monoisotopic (exact) mass is 226 g/mol. The van der Waals surface area contributed by atoms with Gasteiger partial charge < -0.3 is 10.3 Å². The van der Waals surface area contributed by atoms with Gasteiger partial charge in [-0.2, -0.15) is 0 Å². The van der Waals surface area contributed by atoms with Crippen molar-refractivity contribution in [3.8, 4) is 12.3 Å². The molecular weight excluding hydrogens is 212 g/mol. The van der Waals surface area contributed by atoms with Crippen LogP contribution in [0.15, 0.2) is 30.5 Å². The fourth-order valence-electron chi connectivity index (χ4n) is 1.79. The van der Waals surface area contributed by atoms with Gasteiger partial charge in [0.15, 0.2) is 0 Å². The molecule has 1 aromatic carbocycles. The molecule has 0 aliphatic rings. The van der Waals surface area contributed by atoms with Crippen molar-refractivity contribution >= 4 is 16.8 Å². The standard InChI is InChI=1S/C14H14N2O/c1-3-6-10(2)16-14(17)12-9-15-13-8-5-4-7-11(12)13/h1,4-5,7-10,15H,6H2,2H3,(H,16,17). The highest BCUT2D eigenvalue weighted by molar-refractivity contribution is 6.06. The molecule has 2 aromatic rings. The zero-order chi connectivity index (χ0) is 12.3. The maximum absolute atomic E-state index is 12.0. The van der Waals surface area contributed by atoms with Crippen LogP contribution in [-0.2, 0) is 0 Å². The second-order valence-electron chi connectivity index (χ2n) is 4.03. The number of carbonyl (C=O) groups is 1. The van der Waals surface area contributed by atoms with E-state index in [4.69, 9.17) is 6.42 Å². The molecule has 0 radical (unpaired) electrons. The summed E-state index contributed by atoms with van der Waals surface area (Å²) in [6, 6.07) is 7.70. The SMILES string of the molecule is C#CCC(C)NC(=O)c1c[nH]c2ccccc12. The summed E-state index contributed by atoms with van der Waals surface area (Å²) < 4.78 is 0. The van der Waals surface area contributed by atoms with Gasteiger partial charge in [-0.25, -0.2) is 0 Å². The second-order valence-corrected chi connectivity index (χ2v) is 4.03. The summed E-state index contributed by atoms with van der Waals surface area (Å²) in [5.41, 5.74) is 1.62. The van der Waals surface area contributed by atoms with Gasteiger partial charge in [-0.1, -0.05) is 18.2 Å². The number of fused-ring (bicyclic) bond motifs is 1. The van der Waals surface area contributed by atoms with E-state index in [1.54, 1.807) is 6.20 Å². The molecule has 3 heteroatoms. The lowest BCUT2D eigenvalue weighted by Gasteiger charge is -2.09. The Bertz CT molecular complexity index is 577. The minimum Gasteiger partial charge on any atom is -0.360 e. The molecule has 3 nitrogen and oxygen atoms in total. The minimum absolute atomic E-state index is 0.0128. The highest BCUT2D eigenvalue weighted by atomic mass is 16.1. The summed E-state index contributed by atoms with van der Waals surface area (Å²) in [5.74, 6) is 2.44. The molecule has 1 atom stereocenters. The van der Waals surface area contributed by atoms with Crippen molar-refractivity contribution < 1.29 is 4.79 Å². The number of H-pyrrole nitrogens is 1. The van der Waals surface area contributed by atoms with Gasteiger partial charge in [-0.05, 0) is 13.0 Å². The van der Waals surface area contributed by atoms with Gasteiger partial charge in [0.05, 0.1) is 5.56 Å². The predicted octanol–water partition coefficient (Wildman–Crippen LogP) is 2.31. The van der Waals surface area contributed by atoms with Crippen molar-refractivity contribution in [2.75, 3.05) is 0 Å². The third kappa shape index (κ3) is 2.31. The van der Waals surface area contributed by atoms with E-state index >= 15 is 0 Å². The molecule has 0 aliphatic heterocycles. The molecule has 0 bridgehead atoms. The third-order valence-electron chi connectivity index (χ3n) is 2.64. The highest BCUT2D eigenvalue weighted by Crippen LogP contribution is 2.17. The van der Waals surface area contributed by atoms with E-state index < -0.39 is 0 Å². The van der Waals surface area contributed by atoms with E-state index in [9.17, 15) is 4.79 Å². The average Bonchev–Trinajstić information content (AvgIpc) is 2.72. The van der Waals surface area contributed by atoms with Crippen LogP contribution in [0, 0.1) is 12.3 Å². The number of nitrogens with one attached hydrogen (secondary N) is 2. The Kier molecular flexibility index (Phi) is 3.15.